The minimum absolute atomic E-state index is 0.1000. The van der Waals surface area contributed by atoms with Crippen LogP contribution < -0.4 is 16.2 Å². The molecule has 0 aliphatic rings. The number of carbonyl (C=O) groups excluding carboxylic acids is 2. The van der Waals surface area contributed by atoms with Crippen LogP contribution in [-0.2, 0) is 11.2 Å². The zero-order valence-electron chi connectivity index (χ0n) is 15.0. The molecule has 0 saturated carbocycles. The fraction of sp³-hybridized carbons (Fsp3) is 0.0500. The molecule has 0 bridgehead atoms. The van der Waals surface area contributed by atoms with Crippen LogP contribution in [0.3, 0.4) is 0 Å². The number of nitrogen functional groups attached to an aromatic ring is 1. The van der Waals surface area contributed by atoms with Crippen molar-refractivity contribution >= 4 is 34.2 Å². The van der Waals surface area contributed by atoms with Gasteiger partial charge in [-0.3, -0.25) is 20.3 Å². The Hall–Kier alpha value is -4.27. The molecule has 0 aliphatic heterocycles. The highest BCUT2D eigenvalue weighted by Gasteiger charge is 2.17. The molecule has 0 atom stereocenters. The van der Waals surface area contributed by atoms with Crippen molar-refractivity contribution in [1.29, 1.82) is 5.41 Å². The van der Waals surface area contributed by atoms with E-state index in [2.05, 4.69) is 0 Å². The van der Waals surface area contributed by atoms with Gasteiger partial charge in [0.15, 0.2) is 0 Å². The third-order valence-electron chi connectivity index (χ3n) is 4.27. The molecule has 3 aromatic rings. The van der Waals surface area contributed by atoms with Gasteiger partial charge >= 0.3 is 5.97 Å². The second kappa shape index (κ2) is 7.77. The lowest BCUT2D eigenvalue weighted by Gasteiger charge is -2.13. The number of carbonyl (C=O) groups is 2. The van der Waals surface area contributed by atoms with E-state index in [1.807, 2.05) is 0 Å². The fourth-order valence-corrected chi connectivity index (χ4v) is 2.87. The first-order valence-electron chi connectivity index (χ1n) is 8.41. The Labute approximate surface area is 164 Å². The molecule has 0 unspecified atom stereocenters. The van der Waals surface area contributed by atoms with Gasteiger partial charge in [0.25, 0.3) is 5.69 Å². The minimum Gasteiger partial charge on any atom is -0.423 e. The summed E-state index contributed by atoms with van der Waals surface area (Å²) in [7, 11) is 0. The van der Waals surface area contributed by atoms with E-state index in [-0.39, 0.29) is 29.3 Å². The van der Waals surface area contributed by atoms with Crippen molar-refractivity contribution < 1.29 is 19.2 Å². The van der Waals surface area contributed by atoms with Gasteiger partial charge in [-0.25, -0.2) is 4.79 Å². The van der Waals surface area contributed by atoms with Crippen LogP contribution in [0.15, 0.2) is 54.6 Å². The monoisotopic (exact) mass is 392 g/mol. The third kappa shape index (κ3) is 4.19. The second-order valence-electron chi connectivity index (χ2n) is 6.23. The smallest absolute Gasteiger partial charge is 0.343 e. The predicted octanol–water partition coefficient (Wildman–Crippen LogP) is 2.28. The molecule has 29 heavy (non-hydrogen) atoms. The maximum Gasteiger partial charge on any atom is 0.343 e. The molecule has 0 aliphatic carbocycles. The van der Waals surface area contributed by atoms with Gasteiger partial charge in [-0.05, 0) is 35.0 Å². The first kappa shape index (κ1) is 19.5. The number of nitro groups is 1. The highest BCUT2D eigenvalue weighted by atomic mass is 16.6. The van der Waals surface area contributed by atoms with Crippen LogP contribution in [0, 0.1) is 15.5 Å². The van der Waals surface area contributed by atoms with Crippen molar-refractivity contribution in [3.05, 3.63) is 81.4 Å². The van der Waals surface area contributed by atoms with Crippen molar-refractivity contribution in [2.75, 3.05) is 0 Å². The Balaban J connectivity index is 2.00. The van der Waals surface area contributed by atoms with E-state index in [1.54, 1.807) is 24.3 Å². The molecule has 0 aromatic heterocycles. The maximum absolute atomic E-state index is 12.5. The van der Waals surface area contributed by atoms with E-state index >= 15 is 0 Å². The number of rotatable bonds is 6. The molecule has 9 heteroatoms. The van der Waals surface area contributed by atoms with E-state index < -0.39 is 16.8 Å². The fourth-order valence-electron chi connectivity index (χ4n) is 2.87. The summed E-state index contributed by atoms with van der Waals surface area (Å²) in [6.07, 6.45) is -0.167. The van der Waals surface area contributed by atoms with Crippen LogP contribution in [0.1, 0.15) is 21.5 Å². The number of primary amides is 1. The summed E-state index contributed by atoms with van der Waals surface area (Å²) in [5.41, 5.74) is 11.8. The normalized spacial score (nSPS) is 10.5. The van der Waals surface area contributed by atoms with E-state index in [1.165, 1.54) is 30.3 Å². The minimum atomic E-state index is -0.731. The molecule has 0 fully saturated rings. The number of esters is 1. The second-order valence-corrected chi connectivity index (χ2v) is 6.23. The molecule has 5 N–H and O–H groups in total. The van der Waals surface area contributed by atoms with Gasteiger partial charge in [0.2, 0.25) is 5.91 Å². The number of amidine groups is 1. The van der Waals surface area contributed by atoms with E-state index in [0.717, 1.165) is 0 Å². The lowest BCUT2D eigenvalue weighted by atomic mass is 9.98. The number of nitrogens with one attached hydrogen (secondary N) is 1. The predicted molar refractivity (Wildman–Crippen MR) is 106 cm³/mol. The number of non-ortho nitro benzene ring substituents is 1. The molecule has 146 valence electrons. The lowest BCUT2D eigenvalue weighted by Crippen LogP contribution is -2.16. The number of nitrogens with zero attached hydrogens (tertiary/aromatic N) is 1. The van der Waals surface area contributed by atoms with Crippen molar-refractivity contribution in [3.63, 3.8) is 0 Å². The highest BCUT2D eigenvalue weighted by molar-refractivity contribution is 6.01. The molecule has 9 nitrogen and oxygen atoms in total. The van der Waals surface area contributed by atoms with Gasteiger partial charge in [-0.1, -0.05) is 18.2 Å². The quantitative estimate of drug-likeness (QED) is 0.145. The molecule has 0 spiro atoms. The standard InChI is InChI=1S/C20H16N4O5/c21-18(25)10-16-15-7-3-13(19(22)23)9-12(15)4-8-17(16)29-20(26)11-1-5-14(6-2-11)24(27)28/h1-9H,10H2,(H2,21,25)(H3,22,23). The van der Waals surface area contributed by atoms with Gasteiger partial charge in [0, 0.05) is 23.3 Å². The first-order chi connectivity index (χ1) is 13.8. The number of hydrogen-bond donors (Lipinski definition) is 3. The number of benzene rings is 3. The molecule has 3 aromatic carbocycles. The van der Waals surface area contributed by atoms with Crippen molar-refractivity contribution in [2.45, 2.75) is 6.42 Å². The molecular weight excluding hydrogens is 376 g/mol. The number of hydrogen-bond acceptors (Lipinski definition) is 6. The highest BCUT2D eigenvalue weighted by Crippen LogP contribution is 2.30. The average Bonchev–Trinajstić information content (AvgIpc) is 2.68. The summed E-state index contributed by atoms with van der Waals surface area (Å²) in [6.45, 7) is 0. The van der Waals surface area contributed by atoms with E-state index in [0.29, 0.717) is 21.9 Å². The SMILES string of the molecule is N=C(N)c1ccc2c(CC(N)=O)c(OC(=O)c3ccc([N+](=O)[O-])cc3)ccc2c1. The van der Waals surface area contributed by atoms with Gasteiger partial charge in [0.1, 0.15) is 11.6 Å². The molecule has 3 rings (SSSR count). The van der Waals surface area contributed by atoms with Gasteiger partial charge in [-0.2, -0.15) is 0 Å². The van der Waals surface area contributed by atoms with Crippen LogP contribution in [0.5, 0.6) is 5.75 Å². The molecule has 0 saturated heterocycles. The number of nitrogens with two attached hydrogens (primary N) is 2. The molecule has 1 amide bonds. The Morgan fingerprint density at radius 2 is 1.66 bits per heavy atom. The van der Waals surface area contributed by atoms with Crippen LogP contribution in [-0.4, -0.2) is 22.6 Å². The third-order valence-corrected chi connectivity index (χ3v) is 4.27. The Bertz CT molecular complexity index is 1160. The number of ether oxygens (including phenoxy) is 1. The molecular formula is C20H16N4O5. The van der Waals surface area contributed by atoms with Crippen molar-refractivity contribution in [2.24, 2.45) is 11.5 Å². The Kier molecular flexibility index (Phi) is 5.22. The van der Waals surface area contributed by atoms with Crippen LogP contribution >= 0.6 is 0 Å². The number of fused-ring (bicyclic) bond motifs is 1. The summed E-state index contributed by atoms with van der Waals surface area (Å²) < 4.78 is 5.44. The van der Waals surface area contributed by atoms with Crippen LogP contribution in [0.2, 0.25) is 0 Å². The van der Waals surface area contributed by atoms with E-state index in [9.17, 15) is 19.7 Å². The summed E-state index contributed by atoms with van der Waals surface area (Å²) in [5.74, 6) is -1.29. The largest absolute Gasteiger partial charge is 0.423 e. The summed E-state index contributed by atoms with van der Waals surface area (Å²) in [5, 5.41) is 19.6. The molecule has 0 heterocycles. The van der Waals surface area contributed by atoms with E-state index in [4.69, 9.17) is 21.6 Å². The Morgan fingerprint density at radius 3 is 2.24 bits per heavy atom. The molecule has 0 radical (unpaired) electrons. The van der Waals surface area contributed by atoms with Crippen molar-refractivity contribution in [3.8, 4) is 5.75 Å². The topological polar surface area (TPSA) is 162 Å². The Morgan fingerprint density at radius 1 is 1.00 bits per heavy atom. The zero-order chi connectivity index (χ0) is 21.1. The van der Waals surface area contributed by atoms with Crippen molar-refractivity contribution in [1.82, 2.24) is 0 Å². The number of amides is 1. The summed E-state index contributed by atoms with van der Waals surface area (Å²) in [4.78, 5) is 34.2. The lowest BCUT2D eigenvalue weighted by molar-refractivity contribution is -0.384. The maximum atomic E-state index is 12.5. The van der Waals surface area contributed by atoms with Gasteiger partial charge < -0.3 is 16.2 Å². The summed E-state index contributed by atoms with van der Waals surface area (Å²) in [6, 6.07) is 13.1. The average molecular weight is 392 g/mol. The van der Waals surface area contributed by atoms with Crippen LogP contribution in [0.25, 0.3) is 10.8 Å². The number of nitro benzene ring substituents is 1. The van der Waals surface area contributed by atoms with Crippen LogP contribution in [0.4, 0.5) is 5.69 Å². The van der Waals surface area contributed by atoms with Gasteiger partial charge in [-0.15, -0.1) is 0 Å². The zero-order valence-corrected chi connectivity index (χ0v) is 15.0. The first-order valence-corrected chi connectivity index (χ1v) is 8.41. The van der Waals surface area contributed by atoms with Gasteiger partial charge in [0.05, 0.1) is 16.9 Å². The summed E-state index contributed by atoms with van der Waals surface area (Å²) >= 11 is 0.